The zero-order valence-corrected chi connectivity index (χ0v) is 12.6. The lowest BCUT2D eigenvalue weighted by molar-refractivity contribution is 0.159. The predicted octanol–water partition coefficient (Wildman–Crippen LogP) is 3.61. The molecule has 0 radical (unpaired) electrons. The molecule has 0 bridgehead atoms. The van der Waals surface area contributed by atoms with Gasteiger partial charge in [-0.3, -0.25) is 0 Å². The zero-order chi connectivity index (χ0) is 13.7. The summed E-state index contributed by atoms with van der Waals surface area (Å²) in [6, 6.07) is 8.45. The number of hydrogen-bond acceptors (Lipinski definition) is 2. The summed E-state index contributed by atoms with van der Waals surface area (Å²) in [6.45, 7) is 8.44. The number of methoxy groups -OCH3 is 1. The highest BCUT2D eigenvalue weighted by Crippen LogP contribution is 2.24. The molecule has 19 heavy (non-hydrogen) atoms. The molecular weight excluding hydrogens is 234 g/mol. The molecule has 1 heterocycles. The molecule has 1 aliphatic rings. The average molecular weight is 261 g/mol. The average Bonchev–Trinajstić information content (AvgIpc) is 2.46. The molecule has 2 nitrogen and oxygen atoms in total. The maximum atomic E-state index is 5.27. The molecule has 0 aromatic heterocycles. The van der Waals surface area contributed by atoms with Crippen LogP contribution in [0.4, 0.5) is 0 Å². The second-order valence-corrected chi connectivity index (χ2v) is 6.02. The normalized spacial score (nSPS) is 17.9. The van der Waals surface area contributed by atoms with Gasteiger partial charge >= 0.3 is 0 Å². The summed E-state index contributed by atoms with van der Waals surface area (Å²) in [5, 5.41) is 0. The van der Waals surface area contributed by atoms with Crippen molar-refractivity contribution < 1.29 is 4.74 Å². The molecule has 0 saturated carbocycles. The first-order valence-corrected chi connectivity index (χ1v) is 7.54. The van der Waals surface area contributed by atoms with Crippen LogP contribution in [0, 0.1) is 11.8 Å². The van der Waals surface area contributed by atoms with Crippen molar-refractivity contribution in [3.05, 3.63) is 29.8 Å². The lowest BCUT2D eigenvalue weighted by atomic mass is 9.86. The fourth-order valence-corrected chi connectivity index (χ4v) is 2.96. The minimum absolute atomic E-state index is 0.848. The van der Waals surface area contributed by atoms with E-state index in [4.69, 9.17) is 4.74 Å². The van der Waals surface area contributed by atoms with Crippen LogP contribution in [0.1, 0.15) is 32.3 Å². The largest absolute Gasteiger partial charge is 0.497 e. The van der Waals surface area contributed by atoms with E-state index in [0.717, 1.165) is 24.0 Å². The number of hydrogen-bond donors (Lipinski definition) is 0. The maximum Gasteiger partial charge on any atom is 0.119 e. The van der Waals surface area contributed by atoms with Crippen molar-refractivity contribution >= 4 is 0 Å². The van der Waals surface area contributed by atoms with E-state index in [-0.39, 0.29) is 0 Å². The second-order valence-electron chi connectivity index (χ2n) is 6.02. The fourth-order valence-electron chi connectivity index (χ4n) is 2.96. The molecule has 106 valence electrons. The molecule has 0 N–H and O–H groups in total. The number of rotatable bonds is 5. The summed E-state index contributed by atoms with van der Waals surface area (Å²) in [4.78, 5) is 2.61. The van der Waals surface area contributed by atoms with E-state index in [9.17, 15) is 0 Å². The van der Waals surface area contributed by atoms with Crippen molar-refractivity contribution in [1.82, 2.24) is 4.90 Å². The summed E-state index contributed by atoms with van der Waals surface area (Å²) in [5.74, 6) is 2.75. The molecule has 1 aromatic rings. The lowest BCUT2D eigenvalue weighted by Gasteiger charge is -2.33. The Morgan fingerprint density at radius 3 is 2.63 bits per heavy atom. The summed E-state index contributed by atoms with van der Waals surface area (Å²) >= 11 is 0. The highest BCUT2D eigenvalue weighted by molar-refractivity contribution is 5.28. The minimum atomic E-state index is 0.848. The molecule has 0 amide bonds. The minimum Gasteiger partial charge on any atom is -0.497 e. The van der Waals surface area contributed by atoms with E-state index in [2.05, 4.69) is 36.9 Å². The summed E-state index contributed by atoms with van der Waals surface area (Å²) < 4.78 is 5.27. The van der Waals surface area contributed by atoms with E-state index >= 15 is 0 Å². The van der Waals surface area contributed by atoms with Crippen molar-refractivity contribution in [2.24, 2.45) is 11.8 Å². The van der Waals surface area contributed by atoms with Gasteiger partial charge in [0.2, 0.25) is 0 Å². The van der Waals surface area contributed by atoms with Gasteiger partial charge in [0, 0.05) is 6.54 Å². The molecule has 2 heteroatoms. The first-order valence-electron chi connectivity index (χ1n) is 7.54. The van der Waals surface area contributed by atoms with E-state index < -0.39 is 0 Å². The van der Waals surface area contributed by atoms with E-state index in [1.807, 2.05) is 6.07 Å². The molecule has 0 unspecified atom stereocenters. The predicted molar refractivity (Wildman–Crippen MR) is 80.7 cm³/mol. The van der Waals surface area contributed by atoms with Crippen molar-refractivity contribution in [3.8, 4) is 5.75 Å². The molecule has 1 saturated heterocycles. The van der Waals surface area contributed by atoms with E-state index in [1.54, 1.807) is 7.11 Å². The molecule has 0 atom stereocenters. The Hall–Kier alpha value is -1.02. The Labute approximate surface area is 117 Å². The zero-order valence-electron chi connectivity index (χ0n) is 12.6. The van der Waals surface area contributed by atoms with Crippen LogP contribution in [0.15, 0.2) is 24.3 Å². The van der Waals surface area contributed by atoms with Gasteiger partial charge in [0.05, 0.1) is 7.11 Å². The molecular formula is C17H27NO. The Balaban J connectivity index is 1.77. The molecule has 0 aliphatic carbocycles. The number of nitrogens with zero attached hydrogens (tertiary/aromatic N) is 1. The fraction of sp³-hybridized carbons (Fsp3) is 0.647. The van der Waals surface area contributed by atoms with Gasteiger partial charge in [-0.25, -0.2) is 0 Å². The third-order valence-corrected chi connectivity index (χ3v) is 4.43. The van der Waals surface area contributed by atoms with Crippen molar-refractivity contribution in [3.63, 3.8) is 0 Å². The Morgan fingerprint density at radius 2 is 2.00 bits per heavy atom. The van der Waals surface area contributed by atoms with Crippen LogP contribution in [0.25, 0.3) is 0 Å². The number of piperidine rings is 1. The summed E-state index contributed by atoms with van der Waals surface area (Å²) in [5.41, 5.74) is 1.38. The van der Waals surface area contributed by atoms with Gasteiger partial charge in [-0.1, -0.05) is 26.0 Å². The third kappa shape index (κ3) is 4.24. The van der Waals surface area contributed by atoms with Gasteiger partial charge in [0.15, 0.2) is 0 Å². The smallest absolute Gasteiger partial charge is 0.119 e. The van der Waals surface area contributed by atoms with Crippen LogP contribution >= 0.6 is 0 Å². The standard InChI is InChI=1S/C17H27NO/c1-14(2)16-8-11-18(12-9-16)10-7-15-5-4-6-17(13-15)19-3/h4-6,13-14,16H,7-12H2,1-3H3. The molecule has 0 spiro atoms. The quantitative estimate of drug-likeness (QED) is 0.803. The number of likely N-dealkylation sites (tertiary alicyclic amines) is 1. The highest BCUT2D eigenvalue weighted by atomic mass is 16.5. The first kappa shape index (κ1) is 14.4. The van der Waals surface area contributed by atoms with E-state index in [0.29, 0.717) is 0 Å². The van der Waals surface area contributed by atoms with Crippen molar-refractivity contribution in [2.75, 3.05) is 26.7 Å². The number of ether oxygens (including phenoxy) is 1. The lowest BCUT2D eigenvalue weighted by Crippen LogP contribution is -2.36. The number of benzene rings is 1. The van der Waals surface area contributed by atoms with Crippen molar-refractivity contribution in [2.45, 2.75) is 33.1 Å². The van der Waals surface area contributed by atoms with Gasteiger partial charge in [0.25, 0.3) is 0 Å². The van der Waals surface area contributed by atoms with Gasteiger partial charge in [-0.2, -0.15) is 0 Å². The molecule has 1 aromatic carbocycles. The van der Waals surface area contributed by atoms with E-state index in [1.165, 1.54) is 38.0 Å². The van der Waals surface area contributed by atoms with Crippen molar-refractivity contribution in [1.29, 1.82) is 0 Å². The monoisotopic (exact) mass is 261 g/mol. The molecule has 1 fully saturated rings. The topological polar surface area (TPSA) is 12.5 Å². The van der Waals surface area contributed by atoms with Crippen LogP contribution in [0.3, 0.4) is 0 Å². The van der Waals surface area contributed by atoms with Gasteiger partial charge in [-0.15, -0.1) is 0 Å². The van der Waals surface area contributed by atoms with Gasteiger partial charge in [-0.05, 0) is 61.9 Å². The summed E-state index contributed by atoms with van der Waals surface area (Å²) in [6.07, 6.45) is 3.87. The van der Waals surface area contributed by atoms with Gasteiger partial charge < -0.3 is 9.64 Å². The van der Waals surface area contributed by atoms with Gasteiger partial charge in [0.1, 0.15) is 5.75 Å². The maximum absolute atomic E-state index is 5.27. The summed E-state index contributed by atoms with van der Waals surface area (Å²) in [7, 11) is 1.73. The first-order chi connectivity index (χ1) is 9.19. The van der Waals surface area contributed by atoms with Crippen LogP contribution in [0.5, 0.6) is 5.75 Å². The molecule has 2 rings (SSSR count). The Bertz CT molecular complexity index is 381. The third-order valence-electron chi connectivity index (χ3n) is 4.43. The Morgan fingerprint density at radius 1 is 1.26 bits per heavy atom. The highest BCUT2D eigenvalue weighted by Gasteiger charge is 2.20. The molecule has 1 aliphatic heterocycles. The van der Waals surface area contributed by atoms with Crippen LogP contribution in [-0.4, -0.2) is 31.6 Å². The van der Waals surface area contributed by atoms with Crippen LogP contribution in [-0.2, 0) is 6.42 Å². The second kappa shape index (κ2) is 6.95. The van der Waals surface area contributed by atoms with Crippen LogP contribution < -0.4 is 4.74 Å². The SMILES string of the molecule is COc1cccc(CCN2CCC(C(C)C)CC2)c1. The Kier molecular flexibility index (Phi) is 5.26. The van der Waals surface area contributed by atoms with Crippen LogP contribution in [0.2, 0.25) is 0 Å².